The normalized spacial score (nSPS) is 17.9. The summed E-state index contributed by atoms with van der Waals surface area (Å²) < 4.78 is 15.4. The molecule has 0 radical (unpaired) electrons. The third-order valence-corrected chi connectivity index (χ3v) is 4.67. The Labute approximate surface area is 147 Å². The second-order valence-electron chi connectivity index (χ2n) is 7.06. The number of halogens is 1. The van der Waals surface area contributed by atoms with Gasteiger partial charge >= 0.3 is 0 Å². The number of hydrogen-bond acceptors (Lipinski definition) is 3. The monoisotopic (exact) mass is 344 g/mol. The molecule has 1 unspecified atom stereocenters. The van der Waals surface area contributed by atoms with Crippen LogP contribution in [0.2, 0.25) is 0 Å². The van der Waals surface area contributed by atoms with Gasteiger partial charge in [0.25, 0.3) is 0 Å². The number of aryl methyl sites for hydroxylation is 1. The minimum atomic E-state index is -0.217. The van der Waals surface area contributed by atoms with Gasteiger partial charge in [0, 0.05) is 31.5 Å². The number of aromatic nitrogens is 3. The summed E-state index contributed by atoms with van der Waals surface area (Å²) in [6.07, 6.45) is 3.50. The topological polar surface area (TPSA) is 67.1 Å². The molecule has 0 spiro atoms. The highest BCUT2D eigenvalue weighted by Gasteiger charge is 2.23. The number of nitrogens with one attached hydrogen (secondary N) is 2. The third kappa shape index (κ3) is 4.15. The van der Waals surface area contributed by atoms with E-state index in [4.69, 9.17) is 0 Å². The van der Waals surface area contributed by atoms with E-state index in [0.717, 1.165) is 36.7 Å². The SMILES string of the molecule is CN=C(NCC(C)(C)c1cccc(F)c1)NC1CCc2ncnn2C1. The summed E-state index contributed by atoms with van der Waals surface area (Å²) in [6.45, 7) is 5.61. The number of guanidine groups is 1. The molecule has 0 amide bonds. The molecule has 1 aliphatic heterocycles. The van der Waals surface area contributed by atoms with E-state index in [9.17, 15) is 4.39 Å². The van der Waals surface area contributed by atoms with Crippen molar-refractivity contribution in [2.24, 2.45) is 4.99 Å². The van der Waals surface area contributed by atoms with Crippen LogP contribution in [0.3, 0.4) is 0 Å². The van der Waals surface area contributed by atoms with E-state index >= 15 is 0 Å². The molecule has 1 atom stereocenters. The highest BCUT2D eigenvalue weighted by molar-refractivity contribution is 5.80. The Hall–Kier alpha value is -2.44. The predicted molar refractivity (Wildman–Crippen MR) is 96.1 cm³/mol. The Morgan fingerprint density at radius 3 is 3.04 bits per heavy atom. The Kier molecular flexibility index (Phi) is 5.01. The van der Waals surface area contributed by atoms with Crippen molar-refractivity contribution < 1.29 is 4.39 Å². The van der Waals surface area contributed by atoms with Crippen molar-refractivity contribution in [1.82, 2.24) is 25.4 Å². The standard InChI is InChI=1S/C18H25FN6/c1-18(2,13-5-4-6-14(19)9-13)11-21-17(20-3)24-15-7-8-16-22-12-23-25(16)10-15/h4-6,9,12,15H,7-8,10-11H2,1-3H3,(H2,20,21,24). The van der Waals surface area contributed by atoms with Gasteiger partial charge in [-0.1, -0.05) is 26.0 Å². The van der Waals surface area contributed by atoms with Crippen molar-refractivity contribution in [1.29, 1.82) is 0 Å². The van der Waals surface area contributed by atoms with Crippen molar-refractivity contribution >= 4 is 5.96 Å². The Morgan fingerprint density at radius 1 is 1.44 bits per heavy atom. The highest BCUT2D eigenvalue weighted by Crippen LogP contribution is 2.22. The summed E-state index contributed by atoms with van der Waals surface area (Å²) in [4.78, 5) is 8.56. The van der Waals surface area contributed by atoms with Crippen LogP contribution >= 0.6 is 0 Å². The Bertz CT molecular complexity index is 752. The molecule has 0 aliphatic carbocycles. The number of rotatable bonds is 4. The second-order valence-corrected chi connectivity index (χ2v) is 7.06. The first-order chi connectivity index (χ1) is 12.0. The summed E-state index contributed by atoms with van der Waals surface area (Å²) in [5, 5.41) is 11.1. The largest absolute Gasteiger partial charge is 0.356 e. The predicted octanol–water partition coefficient (Wildman–Crippen LogP) is 1.87. The minimum Gasteiger partial charge on any atom is -0.356 e. The molecule has 2 heterocycles. The summed E-state index contributed by atoms with van der Waals surface area (Å²) in [6, 6.07) is 7.02. The van der Waals surface area contributed by atoms with Crippen LogP contribution in [0.25, 0.3) is 0 Å². The van der Waals surface area contributed by atoms with Crippen LogP contribution in [0.15, 0.2) is 35.6 Å². The maximum atomic E-state index is 13.5. The summed E-state index contributed by atoms with van der Waals surface area (Å²) >= 11 is 0. The Balaban J connectivity index is 1.58. The molecular weight excluding hydrogens is 319 g/mol. The lowest BCUT2D eigenvalue weighted by molar-refractivity contribution is 0.391. The average Bonchev–Trinajstić information content (AvgIpc) is 3.06. The van der Waals surface area contributed by atoms with Crippen LogP contribution in [0.4, 0.5) is 4.39 Å². The quantitative estimate of drug-likeness (QED) is 0.656. The second kappa shape index (κ2) is 7.21. The van der Waals surface area contributed by atoms with Gasteiger partial charge in [0.05, 0.1) is 6.54 Å². The van der Waals surface area contributed by atoms with Crippen LogP contribution in [0.5, 0.6) is 0 Å². The molecule has 0 fully saturated rings. The number of nitrogens with zero attached hydrogens (tertiary/aromatic N) is 4. The van der Waals surface area contributed by atoms with Gasteiger partial charge in [-0.2, -0.15) is 5.10 Å². The molecule has 25 heavy (non-hydrogen) atoms. The molecule has 3 rings (SSSR count). The van der Waals surface area contributed by atoms with Gasteiger partial charge in [-0.25, -0.2) is 14.1 Å². The number of aliphatic imine (C=N–C) groups is 1. The van der Waals surface area contributed by atoms with Gasteiger partial charge in [-0.15, -0.1) is 0 Å². The van der Waals surface area contributed by atoms with Crippen molar-refractivity contribution in [3.8, 4) is 0 Å². The molecule has 134 valence electrons. The molecule has 1 aliphatic rings. The van der Waals surface area contributed by atoms with Crippen LogP contribution in [-0.4, -0.2) is 40.4 Å². The van der Waals surface area contributed by atoms with E-state index in [-0.39, 0.29) is 17.3 Å². The first-order valence-electron chi connectivity index (χ1n) is 8.58. The smallest absolute Gasteiger partial charge is 0.191 e. The molecule has 0 saturated carbocycles. The lowest BCUT2D eigenvalue weighted by atomic mass is 9.84. The molecular formula is C18H25FN6. The van der Waals surface area contributed by atoms with E-state index in [0.29, 0.717) is 6.54 Å². The van der Waals surface area contributed by atoms with E-state index in [1.54, 1.807) is 25.5 Å². The zero-order valence-electron chi connectivity index (χ0n) is 15.0. The number of hydrogen-bond donors (Lipinski definition) is 2. The molecule has 7 heteroatoms. The van der Waals surface area contributed by atoms with Gasteiger partial charge in [0.15, 0.2) is 5.96 Å². The van der Waals surface area contributed by atoms with Gasteiger partial charge in [-0.05, 0) is 24.1 Å². The Morgan fingerprint density at radius 2 is 2.28 bits per heavy atom. The fourth-order valence-corrected chi connectivity index (χ4v) is 3.06. The van der Waals surface area contributed by atoms with Gasteiger partial charge in [0.1, 0.15) is 18.0 Å². The lowest BCUT2D eigenvalue weighted by Crippen LogP contribution is -2.49. The van der Waals surface area contributed by atoms with E-state index < -0.39 is 0 Å². The molecule has 2 aromatic rings. The van der Waals surface area contributed by atoms with Crippen molar-refractivity contribution in [3.63, 3.8) is 0 Å². The number of benzene rings is 1. The lowest BCUT2D eigenvalue weighted by Gasteiger charge is -2.29. The van der Waals surface area contributed by atoms with Gasteiger partial charge < -0.3 is 10.6 Å². The third-order valence-electron chi connectivity index (χ3n) is 4.67. The van der Waals surface area contributed by atoms with E-state index in [2.05, 4.69) is 39.6 Å². The van der Waals surface area contributed by atoms with Crippen molar-refractivity contribution in [3.05, 3.63) is 47.8 Å². The van der Waals surface area contributed by atoms with E-state index in [1.165, 1.54) is 6.07 Å². The fraction of sp³-hybridized carbons (Fsp3) is 0.500. The summed E-state index contributed by atoms with van der Waals surface area (Å²) in [5.41, 5.74) is 0.742. The summed E-state index contributed by atoms with van der Waals surface area (Å²) in [5.74, 6) is 1.57. The maximum absolute atomic E-state index is 13.5. The highest BCUT2D eigenvalue weighted by atomic mass is 19.1. The average molecular weight is 344 g/mol. The van der Waals surface area contributed by atoms with Crippen LogP contribution < -0.4 is 10.6 Å². The van der Waals surface area contributed by atoms with Crippen molar-refractivity contribution in [2.75, 3.05) is 13.6 Å². The molecule has 0 saturated heterocycles. The molecule has 1 aromatic carbocycles. The molecule has 2 N–H and O–H groups in total. The first kappa shape index (κ1) is 17.4. The minimum absolute atomic E-state index is 0.209. The zero-order chi connectivity index (χ0) is 17.9. The van der Waals surface area contributed by atoms with Crippen LogP contribution in [0, 0.1) is 5.82 Å². The number of fused-ring (bicyclic) bond motifs is 1. The maximum Gasteiger partial charge on any atom is 0.191 e. The van der Waals surface area contributed by atoms with Crippen molar-refractivity contribution in [2.45, 2.75) is 44.7 Å². The zero-order valence-corrected chi connectivity index (χ0v) is 15.0. The molecule has 6 nitrogen and oxygen atoms in total. The van der Waals surface area contributed by atoms with Gasteiger partial charge in [0.2, 0.25) is 0 Å². The first-order valence-corrected chi connectivity index (χ1v) is 8.58. The van der Waals surface area contributed by atoms with Crippen LogP contribution in [0.1, 0.15) is 31.7 Å². The molecule has 1 aromatic heterocycles. The van der Waals surface area contributed by atoms with Gasteiger partial charge in [-0.3, -0.25) is 4.99 Å². The van der Waals surface area contributed by atoms with Crippen LogP contribution in [-0.2, 0) is 18.4 Å². The fourth-order valence-electron chi connectivity index (χ4n) is 3.06. The molecule has 0 bridgehead atoms. The van der Waals surface area contributed by atoms with E-state index in [1.807, 2.05) is 10.7 Å². The summed E-state index contributed by atoms with van der Waals surface area (Å²) in [7, 11) is 1.76.